The predicted molar refractivity (Wildman–Crippen MR) is 66.5 cm³/mol. The zero-order chi connectivity index (χ0) is 11.6. The van der Waals surface area contributed by atoms with Crippen LogP contribution in [0, 0.1) is 0 Å². The van der Waals surface area contributed by atoms with Crippen LogP contribution >= 0.6 is 0 Å². The number of nitrogens with one attached hydrogen (secondary N) is 2. The molecule has 0 aromatic carbocycles. The summed E-state index contributed by atoms with van der Waals surface area (Å²) in [6, 6.07) is 0. The number of hydrogen-bond donors (Lipinski definition) is 2. The number of carbonyl (C=O) groups excluding carboxylic acids is 1. The van der Waals surface area contributed by atoms with Crippen molar-refractivity contribution in [1.82, 2.24) is 15.5 Å². The molecule has 0 bridgehead atoms. The van der Waals surface area contributed by atoms with Gasteiger partial charge in [-0.2, -0.15) is 0 Å². The van der Waals surface area contributed by atoms with Crippen molar-refractivity contribution in [2.24, 2.45) is 0 Å². The Balaban J connectivity index is 2.05. The van der Waals surface area contributed by atoms with Crippen molar-refractivity contribution in [3.05, 3.63) is 0 Å². The van der Waals surface area contributed by atoms with Gasteiger partial charge in [0.25, 0.3) is 0 Å². The fraction of sp³-hybridized carbons (Fsp3) is 0.917. The number of nitrogens with zero attached hydrogens (tertiary/aromatic N) is 1. The molecular weight excluding hydrogens is 202 g/mol. The largest absolute Gasteiger partial charge is 0.356 e. The van der Waals surface area contributed by atoms with Crippen LogP contribution in [-0.4, -0.2) is 50.1 Å². The summed E-state index contributed by atoms with van der Waals surface area (Å²) < 4.78 is 0. The van der Waals surface area contributed by atoms with Gasteiger partial charge in [-0.15, -0.1) is 0 Å². The number of unbranched alkanes of at least 4 members (excludes halogenated alkanes) is 1. The molecule has 0 saturated carbocycles. The average molecular weight is 227 g/mol. The molecular formula is C12H25N3O. The number of carbonyl (C=O) groups is 1. The Morgan fingerprint density at radius 2 is 2.25 bits per heavy atom. The maximum atomic E-state index is 11.5. The SMILES string of the molecule is CCCCNC(=O)CCN1CCCNCC1. The minimum atomic E-state index is 0.200. The first-order chi connectivity index (χ1) is 7.83. The third-order valence-corrected chi connectivity index (χ3v) is 2.94. The van der Waals surface area contributed by atoms with E-state index in [1.807, 2.05) is 0 Å². The quantitative estimate of drug-likeness (QED) is 0.653. The van der Waals surface area contributed by atoms with Crippen LogP contribution in [0.4, 0.5) is 0 Å². The van der Waals surface area contributed by atoms with Gasteiger partial charge in [0.2, 0.25) is 5.91 Å². The van der Waals surface area contributed by atoms with E-state index in [0.29, 0.717) is 6.42 Å². The standard InChI is InChI=1S/C12H25N3O/c1-2-3-7-14-12(16)5-10-15-9-4-6-13-8-11-15/h13H,2-11H2,1H3,(H,14,16). The van der Waals surface area contributed by atoms with Crippen molar-refractivity contribution < 1.29 is 4.79 Å². The van der Waals surface area contributed by atoms with Crippen molar-refractivity contribution in [3.8, 4) is 0 Å². The third-order valence-electron chi connectivity index (χ3n) is 2.94. The Morgan fingerprint density at radius 1 is 1.38 bits per heavy atom. The molecule has 0 radical (unpaired) electrons. The lowest BCUT2D eigenvalue weighted by molar-refractivity contribution is -0.121. The van der Waals surface area contributed by atoms with E-state index in [-0.39, 0.29) is 5.91 Å². The first-order valence-electron chi connectivity index (χ1n) is 6.52. The second-order valence-corrected chi connectivity index (χ2v) is 4.40. The molecule has 0 aromatic rings. The Hall–Kier alpha value is -0.610. The first-order valence-corrected chi connectivity index (χ1v) is 6.52. The van der Waals surface area contributed by atoms with E-state index in [1.165, 1.54) is 6.42 Å². The highest BCUT2D eigenvalue weighted by molar-refractivity contribution is 5.75. The minimum Gasteiger partial charge on any atom is -0.356 e. The molecule has 4 heteroatoms. The molecule has 16 heavy (non-hydrogen) atoms. The molecule has 2 N–H and O–H groups in total. The van der Waals surface area contributed by atoms with Gasteiger partial charge in [-0.25, -0.2) is 0 Å². The van der Waals surface area contributed by atoms with Gasteiger partial charge < -0.3 is 15.5 Å². The van der Waals surface area contributed by atoms with Gasteiger partial charge in [0, 0.05) is 32.6 Å². The van der Waals surface area contributed by atoms with Gasteiger partial charge in [-0.05, 0) is 25.9 Å². The highest BCUT2D eigenvalue weighted by atomic mass is 16.1. The number of amides is 1. The lowest BCUT2D eigenvalue weighted by Gasteiger charge is -2.18. The number of rotatable bonds is 6. The van der Waals surface area contributed by atoms with Crippen LogP contribution in [0.15, 0.2) is 0 Å². The van der Waals surface area contributed by atoms with E-state index in [9.17, 15) is 4.79 Å². The van der Waals surface area contributed by atoms with Crippen molar-refractivity contribution >= 4 is 5.91 Å². The van der Waals surface area contributed by atoms with Crippen molar-refractivity contribution in [3.63, 3.8) is 0 Å². The Bertz CT molecular complexity index is 189. The summed E-state index contributed by atoms with van der Waals surface area (Å²) in [6.45, 7) is 8.22. The summed E-state index contributed by atoms with van der Waals surface area (Å²) in [5.74, 6) is 0.200. The van der Waals surface area contributed by atoms with Gasteiger partial charge in [0.05, 0.1) is 0 Å². The van der Waals surface area contributed by atoms with Crippen LogP contribution in [0.2, 0.25) is 0 Å². The van der Waals surface area contributed by atoms with E-state index in [0.717, 1.165) is 52.1 Å². The molecule has 1 saturated heterocycles. The third kappa shape index (κ3) is 6.08. The fourth-order valence-electron chi connectivity index (χ4n) is 1.88. The molecule has 1 aliphatic heterocycles. The summed E-state index contributed by atoms with van der Waals surface area (Å²) in [4.78, 5) is 13.9. The minimum absolute atomic E-state index is 0.200. The fourth-order valence-corrected chi connectivity index (χ4v) is 1.88. The molecule has 0 atom stereocenters. The summed E-state index contributed by atoms with van der Waals surface area (Å²) in [5, 5.41) is 6.32. The van der Waals surface area contributed by atoms with Crippen LogP contribution in [-0.2, 0) is 4.79 Å². The molecule has 0 unspecified atom stereocenters. The van der Waals surface area contributed by atoms with Crippen LogP contribution in [0.25, 0.3) is 0 Å². The highest BCUT2D eigenvalue weighted by Gasteiger charge is 2.09. The van der Waals surface area contributed by atoms with Gasteiger partial charge in [-0.3, -0.25) is 4.79 Å². The lowest BCUT2D eigenvalue weighted by Crippen LogP contribution is -2.33. The predicted octanol–water partition coefficient (Wildman–Crippen LogP) is 0.588. The maximum absolute atomic E-state index is 11.5. The van der Waals surface area contributed by atoms with E-state index < -0.39 is 0 Å². The van der Waals surface area contributed by atoms with E-state index in [2.05, 4.69) is 22.5 Å². The Kier molecular flexibility index (Phi) is 7.17. The van der Waals surface area contributed by atoms with Crippen LogP contribution < -0.4 is 10.6 Å². The summed E-state index contributed by atoms with van der Waals surface area (Å²) in [5.41, 5.74) is 0. The molecule has 4 nitrogen and oxygen atoms in total. The zero-order valence-corrected chi connectivity index (χ0v) is 10.4. The Labute approximate surface area is 98.8 Å². The van der Waals surface area contributed by atoms with Crippen molar-refractivity contribution in [2.45, 2.75) is 32.6 Å². The maximum Gasteiger partial charge on any atom is 0.221 e. The lowest BCUT2D eigenvalue weighted by atomic mass is 10.3. The topological polar surface area (TPSA) is 44.4 Å². The monoisotopic (exact) mass is 227 g/mol. The molecule has 1 aliphatic rings. The van der Waals surface area contributed by atoms with Crippen molar-refractivity contribution in [1.29, 1.82) is 0 Å². The summed E-state index contributed by atoms with van der Waals surface area (Å²) in [7, 11) is 0. The normalized spacial score (nSPS) is 18.1. The van der Waals surface area contributed by atoms with Gasteiger partial charge in [-0.1, -0.05) is 13.3 Å². The second kappa shape index (κ2) is 8.53. The van der Waals surface area contributed by atoms with Crippen molar-refractivity contribution in [2.75, 3.05) is 39.3 Å². The van der Waals surface area contributed by atoms with Gasteiger partial charge >= 0.3 is 0 Å². The van der Waals surface area contributed by atoms with Crippen LogP contribution in [0.1, 0.15) is 32.6 Å². The second-order valence-electron chi connectivity index (χ2n) is 4.40. The molecule has 94 valence electrons. The molecule has 0 spiro atoms. The highest BCUT2D eigenvalue weighted by Crippen LogP contribution is 1.97. The van der Waals surface area contributed by atoms with Crippen LogP contribution in [0.3, 0.4) is 0 Å². The molecule has 0 aliphatic carbocycles. The summed E-state index contributed by atoms with van der Waals surface area (Å²) in [6.07, 6.45) is 4.05. The smallest absolute Gasteiger partial charge is 0.221 e. The van der Waals surface area contributed by atoms with E-state index in [1.54, 1.807) is 0 Å². The van der Waals surface area contributed by atoms with E-state index >= 15 is 0 Å². The zero-order valence-electron chi connectivity index (χ0n) is 10.4. The Morgan fingerprint density at radius 3 is 3.06 bits per heavy atom. The van der Waals surface area contributed by atoms with Gasteiger partial charge in [0.15, 0.2) is 0 Å². The molecule has 1 rings (SSSR count). The summed E-state index contributed by atoms with van der Waals surface area (Å²) >= 11 is 0. The van der Waals surface area contributed by atoms with Gasteiger partial charge in [0.1, 0.15) is 0 Å². The van der Waals surface area contributed by atoms with Crippen LogP contribution in [0.5, 0.6) is 0 Å². The molecule has 1 fully saturated rings. The average Bonchev–Trinajstić information content (AvgIpc) is 2.55. The molecule has 1 heterocycles. The molecule has 0 aromatic heterocycles. The number of hydrogen-bond acceptors (Lipinski definition) is 3. The molecule has 1 amide bonds. The van der Waals surface area contributed by atoms with E-state index in [4.69, 9.17) is 0 Å². The first kappa shape index (κ1) is 13.5.